The van der Waals surface area contributed by atoms with Crippen molar-refractivity contribution < 1.29 is 23.3 Å². The smallest absolute Gasteiger partial charge is 0.379 e. The summed E-state index contributed by atoms with van der Waals surface area (Å²) >= 11 is 1.51. The summed E-state index contributed by atoms with van der Waals surface area (Å²) in [4.78, 5) is 15.2. The molecule has 0 fully saturated rings. The summed E-state index contributed by atoms with van der Waals surface area (Å²) in [5.74, 6) is -0.649. The number of allylic oxidation sites excluding steroid dienone is 1. The topological polar surface area (TPSA) is 58.6 Å². The monoisotopic (exact) mass is 306 g/mol. The summed E-state index contributed by atoms with van der Waals surface area (Å²) < 4.78 is 35.5. The molecule has 3 N–H and O–H groups in total. The Morgan fingerprint density at radius 3 is 2.95 bits per heavy atom. The third kappa shape index (κ3) is 7.15. The van der Waals surface area contributed by atoms with Gasteiger partial charge in [0.1, 0.15) is 6.54 Å². The highest BCUT2D eigenvalue weighted by Crippen LogP contribution is 2.16. The van der Waals surface area contributed by atoms with Crippen molar-refractivity contribution >= 4 is 23.4 Å². The number of rotatable bonds is 6. The zero-order chi connectivity index (χ0) is 15.0. The van der Waals surface area contributed by atoms with E-state index in [0.29, 0.717) is 19.2 Å². The number of hydrogen-bond acceptors (Lipinski definition) is 4. The van der Waals surface area contributed by atoms with Gasteiger partial charge in [0.2, 0.25) is 0 Å². The van der Waals surface area contributed by atoms with E-state index < -0.39 is 12.1 Å². The van der Waals surface area contributed by atoms with Crippen molar-refractivity contribution in [1.29, 1.82) is 0 Å². The zero-order valence-corrected chi connectivity index (χ0v) is 11.6. The number of nitrogens with zero attached hydrogens (tertiary/aromatic N) is 1. The molecule has 1 amide bonds. The quantitative estimate of drug-likeness (QED) is 0.474. The molecule has 0 bridgehead atoms. The zero-order valence-electron chi connectivity index (χ0n) is 10.8. The van der Waals surface area contributed by atoms with Crippen LogP contribution in [-0.2, 0) is 4.79 Å². The molecule has 0 saturated heterocycles. The summed E-state index contributed by atoms with van der Waals surface area (Å²) in [6, 6.07) is 3.64. The number of amides is 1. The molecular formula is C12H15F3N3OS+. The molecule has 0 saturated carbocycles. The van der Waals surface area contributed by atoms with Crippen LogP contribution < -0.4 is 10.6 Å². The highest BCUT2D eigenvalue weighted by molar-refractivity contribution is 7.98. The van der Waals surface area contributed by atoms with Gasteiger partial charge in [0, 0.05) is 24.0 Å². The number of quaternary nitrogens is 1. The number of anilines is 1. The third-order valence-electron chi connectivity index (χ3n) is 2.20. The summed E-state index contributed by atoms with van der Waals surface area (Å²) in [5, 5.41) is 5.14. The van der Waals surface area contributed by atoms with E-state index in [1.807, 2.05) is 12.3 Å². The normalized spacial score (nSPS) is 11.8. The van der Waals surface area contributed by atoms with Crippen LogP contribution in [-0.4, -0.2) is 36.4 Å². The largest absolute Gasteiger partial charge is 0.410 e. The Bertz CT molecular complexity index is 477. The Morgan fingerprint density at radius 2 is 2.30 bits per heavy atom. The van der Waals surface area contributed by atoms with Gasteiger partial charge in [-0.05, 0) is 18.4 Å². The van der Waals surface area contributed by atoms with Crippen LogP contribution in [0.5, 0.6) is 0 Å². The first-order chi connectivity index (χ1) is 9.40. The number of pyridine rings is 1. The molecule has 0 spiro atoms. The van der Waals surface area contributed by atoms with Crippen LogP contribution in [0, 0.1) is 0 Å². The lowest BCUT2D eigenvalue weighted by molar-refractivity contribution is -0.561. The average molecular weight is 306 g/mol. The maximum Gasteiger partial charge on any atom is 0.410 e. The molecule has 0 aromatic carbocycles. The molecular weight excluding hydrogens is 291 g/mol. The minimum absolute atomic E-state index is 0.0626. The Balaban J connectivity index is 2.28. The molecule has 8 heteroatoms. The van der Waals surface area contributed by atoms with Gasteiger partial charge in [-0.3, -0.25) is 5.32 Å². The van der Waals surface area contributed by atoms with E-state index in [4.69, 9.17) is 0 Å². The van der Waals surface area contributed by atoms with Crippen molar-refractivity contribution in [2.24, 2.45) is 0 Å². The van der Waals surface area contributed by atoms with E-state index in [-0.39, 0.29) is 6.08 Å². The molecule has 0 aliphatic rings. The van der Waals surface area contributed by atoms with Crippen molar-refractivity contribution in [2.75, 3.05) is 24.7 Å². The molecule has 1 rings (SSSR count). The van der Waals surface area contributed by atoms with Gasteiger partial charge in [0.15, 0.2) is 0 Å². The molecule has 110 valence electrons. The third-order valence-corrected chi connectivity index (χ3v) is 2.84. The van der Waals surface area contributed by atoms with Crippen LogP contribution in [0.3, 0.4) is 0 Å². The van der Waals surface area contributed by atoms with E-state index in [1.165, 1.54) is 17.1 Å². The second-order valence-corrected chi connectivity index (χ2v) is 4.61. The number of primary amides is 1. The van der Waals surface area contributed by atoms with E-state index in [0.717, 1.165) is 10.7 Å². The lowest BCUT2D eigenvalue weighted by Crippen LogP contribution is -2.88. The molecule has 0 atom stereocenters. The molecule has 0 unspecified atom stereocenters. The van der Waals surface area contributed by atoms with Crippen LogP contribution >= 0.6 is 11.8 Å². The molecule has 4 nitrogen and oxygen atoms in total. The summed E-state index contributed by atoms with van der Waals surface area (Å²) in [7, 11) is 0. The van der Waals surface area contributed by atoms with Gasteiger partial charge in [-0.2, -0.15) is 13.2 Å². The Labute approximate surface area is 118 Å². The number of nitrogens with two attached hydrogens (primary N) is 1. The summed E-state index contributed by atoms with van der Waals surface area (Å²) in [6.07, 6.45) is -0.418. The van der Waals surface area contributed by atoms with Crippen LogP contribution in [0.15, 0.2) is 35.5 Å². The van der Waals surface area contributed by atoms with Crippen LogP contribution in [0.25, 0.3) is 0 Å². The van der Waals surface area contributed by atoms with E-state index in [2.05, 4.69) is 10.3 Å². The Morgan fingerprint density at radius 1 is 1.55 bits per heavy atom. The number of thioether (sulfide) groups is 1. The number of alkyl halides is 3. The molecule has 1 aromatic rings. The van der Waals surface area contributed by atoms with Crippen molar-refractivity contribution in [1.82, 2.24) is 4.98 Å². The number of halogens is 3. The predicted molar refractivity (Wildman–Crippen MR) is 71.5 cm³/mol. The van der Waals surface area contributed by atoms with Crippen LogP contribution in [0.4, 0.5) is 18.9 Å². The number of carbonyl (C=O) groups is 1. The minimum Gasteiger partial charge on any atom is -0.379 e. The van der Waals surface area contributed by atoms with Crippen molar-refractivity contribution in [3.8, 4) is 0 Å². The predicted octanol–water partition coefficient (Wildman–Crippen LogP) is 1.42. The van der Waals surface area contributed by atoms with Gasteiger partial charge in [0.05, 0.1) is 11.6 Å². The molecule has 0 aliphatic carbocycles. The number of carbonyl (C=O) groups excluding carboxylic acids is 1. The lowest BCUT2D eigenvalue weighted by atomic mass is 10.4. The van der Waals surface area contributed by atoms with Crippen molar-refractivity contribution in [3.05, 3.63) is 30.5 Å². The number of nitrogens with one attached hydrogen (secondary N) is 1. The van der Waals surface area contributed by atoms with Crippen LogP contribution in [0.2, 0.25) is 0 Å². The maximum atomic E-state index is 11.8. The molecule has 1 aromatic heterocycles. The number of hydrogen-bond donors (Lipinski definition) is 2. The second-order valence-electron chi connectivity index (χ2n) is 3.78. The molecule has 1 heterocycles. The van der Waals surface area contributed by atoms with Gasteiger partial charge >= 0.3 is 12.1 Å². The van der Waals surface area contributed by atoms with Crippen molar-refractivity contribution in [2.45, 2.75) is 11.2 Å². The van der Waals surface area contributed by atoms with E-state index in [9.17, 15) is 18.0 Å². The average Bonchev–Trinajstić information content (AvgIpc) is 2.41. The van der Waals surface area contributed by atoms with Gasteiger partial charge in [-0.1, -0.05) is 0 Å². The van der Waals surface area contributed by atoms with Gasteiger partial charge in [0.25, 0.3) is 0 Å². The summed E-state index contributed by atoms with van der Waals surface area (Å²) in [5.41, 5.74) is 0.857. The molecule has 0 radical (unpaired) electrons. The summed E-state index contributed by atoms with van der Waals surface area (Å²) in [6.45, 7) is 0.807. The SMILES string of the molecule is CSc1cc(NCC[NH2+]C(=O)C=CC(F)(F)F)ccn1. The fourth-order valence-electron chi connectivity index (χ4n) is 1.31. The first-order valence-electron chi connectivity index (χ1n) is 5.78. The van der Waals surface area contributed by atoms with Gasteiger partial charge in [-0.15, -0.1) is 11.8 Å². The minimum atomic E-state index is -4.45. The van der Waals surface area contributed by atoms with E-state index in [1.54, 1.807) is 12.3 Å². The first kappa shape index (κ1) is 16.5. The Kier molecular flexibility index (Phi) is 6.53. The highest BCUT2D eigenvalue weighted by Gasteiger charge is 2.22. The Hall–Kier alpha value is -1.54. The van der Waals surface area contributed by atoms with Crippen molar-refractivity contribution in [3.63, 3.8) is 0 Å². The second kappa shape index (κ2) is 7.91. The fourth-order valence-corrected chi connectivity index (χ4v) is 1.72. The van der Waals surface area contributed by atoms with Gasteiger partial charge in [-0.25, -0.2) is 9.78 Å². The molecule has 0 aliphatic heterocycles. The number of aromatic nitrogens is 1. The maximum absolute atomic E-state index is 11.8. The van der Waals surface area contributed by atoms with E-state index >= 15 is 0 Å². The van der Waals surface area contributed by atoms with Gasteiger partial charge < -0.3 is 5.32 Å². The first-order valence-corrected chi connectivity index (χ1v) is 7.00. The lowest BCUT2D eigenvalue weighted by Gasteiger charge is -2.05. The highest BCUT2D eigenvalue weighted by atomic mass is 32.2. The van der Waals surface area contributed by atoms with Crippen LogP contribution in [0.1, 0.15) is 0 Å². The fraction of sp³-hybridized carbons (Fsp3) is 0.333. The molecule has 20 heavy (non-hydrogen) atoms. The standard InChI is InChI=1S/C12H14F3N3OS/c1-20-11-8-9(3-5-18-11)16-6-7-17-10(19)2-4-12(13,14)15/h2-5,8H,6-7H2,1H3,(H,16,18)(H,17,19)/p+1.